The highest BCUT2D eigenvalue weighted by molar-refractivity contribution is 7.47. The van der Waals surface area contributed by atoms with Gasteiger partial charge in [0.15, 0.2) is 12.2 Å². The predicted molar refractivity (Wildman–Crippen MR) is 428 cm³/mol. The van der Waals surface area contributed by atoms with Crippen LogP contribution in [0, 0.1) is 17.8 Å². The maximum absolute atomic E-state index is 13.1. The van der Waals surface area contributed by atoms with Crippen molar-refractivity contribution < 1.29 is 80.2 Å². The molecule has 17 nitrogen and oxygen atoms in total. The summed E-state index contributed by atoms with van der Waals surface area (Å²) in [5, 5.41) is 10.7. The van der Waals surface area contributed by atoms with Crippen LogP contribution in [0.2, 0.25) is 0 Å². The van der Waals surface area contributed by atoms with Crippen molar-refractivity contribution in [2.75, 3.05) is 39.6 Å². The molecule has 104 heavy (non-hydrogen) atoms. The van der Waals surface area contributed by atoms with E-state index in [-0.39, 0.29) is 25.7 Å². The molecule has 618 valence electrons. The van der Waals surface area contributed by atoms with Crippen molar-refractivity contribution in [1.29, 1.82) is 0 Å². The van der Waals surface area contributed by atoms with Gasteiger partial charge in [-0.25, -0.2) is 9.13 Å². The summed E-state index contributed by atoms with van der Waals surface area (Å²) in [6, 6.07) is 0. The smallest absolute Gasteiger partial charge is 0.462 e. The zero-order chi connectivity index (χ0) is 76.5. The third kappa shape index (κ3) is 76.8. The SMILES string of the molecule is CCCCCCCCCCCCCCCCCCCCCCCCC(=O)O[C@H](COC(=O)CCCCCCCCCCCCCCCCCCCCC(C)C)COP(=O)(O)OC[C@@H](O)COP(=O)(O)OC[C@@H](COC(=O)CCCCCCCCC(C)CC)OC(=O)CCCCCCCCCCC(C)C. The van der Waals surface area contributed by atoms with Crippen molar-refractivity contribution in [2.45, 2.75) is 465 Å². The molecular weight excluding hydrogens is 1350 g/mol. The fraction of sp³-hybridized carbons (Fsp3) is 0.953. The second kappa shape index (κ2) is 75.1. The maximum Gasteiger partial charge on any atom is 0.472 e. The summed E-state index contributed by atoms with van der Waals surface area (Å²) in [5.74, 6) is 0.160. The number of ether oxygens (including phenoxy) is 4. The largest absolute Gasteiger partial charge is 0.472 e. The zero-order valence-corrected chi connectivity index (χ0v) is 70.3. The van der Waals surface area contributed by atoms with E-state index in [2.05, 4.69) is 48.5 Å². The Morgan fingerprint density at radius 1 is 0.279 bits per heavy atom. The minimum absolute atomic E-state index is 0.104. The van der Waals surface area contributed by atoms with Crippen molar-refractivity contribution in [2.24, 2.45) is 17.8 Å². The van der Waals surface area contributed by atoms with E-state index >= 15 is 0 Å². The van der Waals surface area contributed by atoms with Crippen LogP contribution < -0.4 is 0 Å². The van der Waals surface area contributed by atoms with Crippen molar-refractivity contribution in [3.63, 3.8) is 0 Å². The monoisotopic (exact) mass is 1520 g/mol. The molecule has 0 amide bonds. The Morgan fingerprint density at radius 2 is 0.490 bits per heavy atom. The molecule has 3 unspecified atom stereocenters. The van der Waals surface area contributed by atoms with Gasteiger partial charge >= 0.3 is 39.5 Å². The Morgan fingerprint density at radius 3 is 0.731 bits per heavy atom. The van der Waals surface area contributed by atoms with Gasteiger partial charge in [0.05, 0.1) is 26.4 Å². The molecule has 0 rings (SSSR count). The molecule has 0 radical (unpaired) electrons. The Balaban J connectivity index is 5.19. The quantitative estimate of drug-likeness (QED) is 0.0222. The number of phosphoric acid groups is 2. The Labute approximate surface area is 638 Å². The molecule has 6 atom stereocenters. The van der Waals surface area contributed by atoms with Crippen LogP contribution in [-0.2, 0) is 65.4 Å². The van der Waals surface area contributed by atoms with Gasteiger partial charge in [0.1, 0.15) is 19.3 Å². The molecular formula is C85H166O17P2. The Bertz CT molecular complexity index is 2010. The summed E-state index contributed by atoms with van der Waals surface area (Å²) < 4.78 is 68.8. The number of esters is 4. The summed E-state index contributed by atoms with van der Waals surface area (Å²) in [5.41, 5.74) is 0. The number of phosphoric ester groups is 2. The van der Waals surface area contributed by atoms with E-state index in [1.54, 1.807) is 0 Å². The van der Waals surface area contributed by atoms with Crippen molar-refractivity contribution in [3.8, 4) is 0 Å². The number of rotatable bonds is 83. The molecule has 0 aliphatic rings. The molecule has 3 N–H and O–H groups in total. The number of hydrogen-bond donors (Lipinski definition) is 3. The van der Waals surface area contributed by atoms with Crippen molar-refractivity contribution >= 4 is 39.5 Å². The molecule has 0 aliphatic heterocycles. The van der Waals surface area contributed by atoms with E-state index in [0.29, 0.717) is 25.7 Å². The lowest BCUT2D eigenvalue weighted by molar-refractivity contribution is -0.161. The van der Waals surface area contributed by atoms with Crippen molar-refractivity contribution in [1.82, 2.24) is 0 Å². The van der Waals surface area contributed by atoms with Gasteiger partial charge in [0, 0.05) is 25.7 Å². The van der Waals surface area contributed by atoms with Gasteiger partial charge in [-0.2, -0.15) is 0 Å². The van der Waals surface area contributed by atoms with E-state index in [9.17, 15) is 43.2 Å². The van der Waals surface area contributed by atoms with Crippen LogP contribution in [0.5, 0.6) is 0 Å². The summed E-state index contributed by atoms with van der Waals surface area (Å²) in [7, 11) is -9.92. The minimum Gasteiger partial charge on any atom is -0.462 e. The lowest BCUT2D eigenvalue weighted by atomic mass is 10.00. The maximum atomic E-state index is 13.1. The number of carbonyl (C=O) groups is 4. The average molecular weight is 1520 g/mol. The van der Waals surface area contributed by atoms with Crippen LogP contribution in [0.4, 0.5) is 0 Å². The number of aliphatic hydroxyl groups excluding tert-OH is 1. The minimum atomic E-state index is -4.97. The van der Waals surface area contributed by atoms with E-state index in [1.165, 1.54) is 250 Å². The summed E-state index contributed by atoms with van der Waals surface area (Å²) in [6.07, 6.45) is 65.6. The van der Waals surface area contributed by atoms with Gasteiger partial charge < -0.3 is 33.8 Å². The Hall–Kier alpha value is -1.94. The van der Waals surface area contributed by atoms with Gasteiger partial charge in [-0.1, -0.05) is 395 Å². The third-order valence-corrected chi connectivity index (χ3v) is 22.1. The number of unbranched alkanes of at least 4 members (excludes halogenated alkanes) is 50. The standard InChI is InChI=1S/C85H166O17P2/c1-8-10-11-12-13-14-15-16-17-18-19-20-21-22-27-30-33-36-39-45-54-61-68-84(89)101-80(72-95-82(87)66-59-52-44-38-35-32-29-26-24-23-25-28-31-34-37-42-49-56-63-76(3)4)74-99-103(91,92)97-70-79(86)71-98-104(93,94)100-75-81(73-96-83(88)67-60-53-48-47-51-58-65-78(7)9-2)102-85(90)69-62-55-46-41-40-43-50-57-64-77(5)6/h76-81,86H,8-75H2,1-7H3,(H,91,92)(H,93,94)/t78?,79-,80-,81-/m1/s1. The molecule has 19 heteroatoms. The molecule has 0 spiro atoms. The summed E-state index contributed by atoms with van der Waals surface area (Å²) >= 11 is 0. The fourth-order valence-electron chi connectivity index (χ4n) is 13.2. The first-order valence-corrected chi connectivity index (χ1v) is 46.9. The van der Waals surface area contributed by atoms with E-state index in [1.807, 2.05) is 0 Å². The average Bonchev–Trinajstić information content (AvgIpc) is 0.904. The van der Waals surface area contributed by atoms with Crippen LogP contribution in [0.3, 0.4) is 0 Å². The molecule has 0 aromatic rings. The second-order valence-corrected chi connectivity index (χ2v) is 34.7. The number of aliphatic hydroxyl groups is 1. The van der Waals surface area contributed by atoms with Gasteiger partial charge in [0.25, 0.3) is 0 Å². The zero-order valence-electron chi connectivity index (χ0n) is 68.5. The molecule has 0 aromatic heterocycles. The second-order valence-electron chi connectivity index (χ2n) is 31.8. The molecule has 0 heterocycles. The van der Waals surface area contributed by atoms with E-state index < -0.39 is 97.5 Å². The molecule has 0 saturated heterocycles. The van der Waals surface area contributed by atoms with Crippen LogP contribution >= 0.6 is 15.6 Å². The predicted octanol–water partition coefficient (Wildman–Crippen LogP) is 25.7. The van der Waals surface area contributed by atoms with Gasteiger partial charge in [-0.3, -0.25) is 37.3 Å². The van der Waals surface area contributed by atoms with Gasteiger partial charge in [0.2, 0.25) is 0 Å². The summed E-state index contributed by atoms with van der Waals surface area (Å²) in [4.78, 5) is 73.1. The fourth-order valence-corrected chi connectivity index (χ4v) is 14.7. The number of carbonyl (C=O) groups excluding carboxylic acids is 4. The highest BCUT2D eigenvalue weighted by Crippen LogP contribution is 2.45. The topological polar surface area (TPSA) is 237 Å². The van der Waals surface area contributed by atoms with Gasteiger partial charge in [-0.15, -0.1) is 0 Å². The van der Waals surface area contributed by atoms with Crippen LogP contribution in [-0.4, -0.2) is 96.7 Å². The molecule has 0 bridgehead atoms. The normalized spacial score (nSPS) is 14.2. The lowest BCUT2D eigenvalue weighted by Gasteiger charge is -2.21. The van der Waals surface area contributed by atoms with E-state index in [0.717, 1.165) is 114 Å². The van der Waals surface area contributed by atoms with Crippen LogP contribution in [0.15, 0.2) is 0 Å². The lowest BCUT2D eigenvalue weighted by Crippen LogP contribution is -2.30. The first kappa shape index (κ1) is 102. The highest BCUT2D eigenvalue weighted by atomic mass is 31.2. The molecule has 0 aromatic carbocycles. The van der Waals surface area contributed by atoms with E-state index in [4.69, 9.17) is 37.0 Å². The summed E-state index contributed by atoms with van der Waals surface area (Å²) in [6.45, 7) is 11.9. The highest BCUT2D eigenvalue weighted by Gasteiger charge is 2.30. The molecule has 0 saturated carbocycles. The Kier molecular flexibility index (Phi) is 73.7. The first-order chi connectivity index (χ1) is 50.3. The third-order valence-electron chi connectivity index (χ3n) is 20.2. The molecule has 0 aliphatic carbocycles. The molecule has 0 fully saturated rings. The van der Waals surface area contributed by atoms with Gasteiger partial charge in [-0.05, 0) is 43.4 Å². The van der Waals surface area contributed by atoms with Crippen molar-refractivity contribution in [3.05, 3.63) is 0 Å². The van der Waals surface area contributed by atoms with Crippen LogP contribution in [0.25, 0.3) is 0 Å². The number of hydrogen-bond acceptors (Lipinski definition) is 15. The first-order valence-electron chi connectivity index (χ1n) is 43.9. The van der Waals surface area contributed by atoms with Crippen LogP contribution in [0.1, 0.15) is 447 Å².